The molecule has 0 aliphatic carbocycles. The van der Waals surface area contributed by atoms with Gasteiger partial charge in [-0.25, -0.2) is 8.42 Å². The number of nitrogens with zero attached hydrogens (tertiary/aromatic N) is 1. The van der Waals surface area contributed by atoms with Crippen LogP contribution < -0.4 is 4.74 Å². The quantitative estimate of drug-likeness (QED) is 0.403. The maximum atomic E-state index is 12.8. The van der Waals surface area contributed by atoms with Crippen molar-refractivity contribution in [2.45, 2.75) is 31.5 Å². The third-order valence-corrected chi connectivity index (χ3v) is 6.39. The van der Waals surface area contributed by atoms with Crippen LogP contribution in [0, 0.1) is 0 Å². The van der Waals surface area contributed by atoms with Crippen LogP contribution >= 0.6 is 11.6 Å². The second-order valence-electron chi connectivity index (χ2n) is 7.48. The van der Waals surface area contributed by atoms with Crippen LogP contribution in [0.1, 0.15) is 19.4 Å². The van der Waals surface area contributed by atoms with E-state index in [1.807, 2.05) is 48.5 Å². The zero-order valence-corrected chi connectivity index (χ0v) is 19.7. The van der Waals surface area contributed by atoms with Gasteiger partial charge < -0.3 is 9.84 Å². The largest absolute Gasteiger partial charge is 0.489 e. The molecule has 0 bridgehead atoms. The van der Waals surface area contributed by atoms with Crippen molar-refractivity contribution in [2.24, 2.45) is 0 Å². The highest BCUT2D eigenvalue weighted by molar-refractivity contribution is 7.89. The van der Waals surface area contributed by atoms with Gasteiger partial charge in [-0.15, -0.1) is 0 Å². The summed E-state index contributed by atoms with van der Waals surface area (Å²) in [6.45, 7) is 2.86. The number of carbonyl (C=O) groups is 1. The molecular weight excluding hydrogens is 466 g/mol. The lowest BCUT2D eigenvalue weighted by molar-refractivity contribution is -0.156. The molecule has 1 N–H and O–H groups in total. The second-order valence-corrected chi connectivity index (χ2v) is 9.74. The fraction of sp³-hybridized carbons (Fsp3) is 0.208. The number of sulfonamides is 1. The van der Waals surface area contributed by atoms with Crippen LogP contribution in [0.25, 0.3) is 11.1 Å². The maximum Gasteiger partial charge on any atom is 0.321 e. The topological polar surface area (TPSA) is 93.1 Å². The highest BCUT2D eigenvalue weighted by Gasteiger charge is 2.28. The fourth-order valence-corrected chi connectivity index (χ4v) is 4.36. The standard InChI is InChI=1S/C24H24ClNO6S/c1-17(2)32-26(15-24(27)28)33(29,30)23-13-7-20(8-14-23)19-5-11-22(12-6-19)31-16-18-3-9-21(25)10-4-18/h3-14,17H,15-16H2,1-2H3,(H,27,28). The number of carboxylic acids is 1. The third kappa shape index (κ3) is 6.79. The normalized spacial score (nSPS) is 11.7. The van der Waals surface area contributed by atoms with Crippen molar-refractivity contribution in [3.63, 3.8) is 0 Å². The second kappa shape index (κ2) is 10.8. The van der Waals surface area contributed by atoms with Crippen molar-refractivity contribution in [3.8, 4) is 16.9 Å². The van der Waals surface area contributed by atoms with Gasteiger partial charge in [-0.2, -0.15) is 0 Å². The average Bonchev–Trinajstić information content (AvgIpc) is 2.78. The molecule has 0 radical (unpaired) electrons. The van der Waals surface area contributed by atoms with Crippen molar-refractivity contribution in [1.29, 1.82) is 0 Å². The van der Waals surface area contributed by atoms with Gasteiger partial charge in [0.1, 0.15) is 18.9 Å². The molecule has 0 saturated carbocycles. The smallest absolute Gasteiger partial charge is 0.321 e. The fourth-order valence-electron chi connectivity index (χ4n) is 2.95. The van der Waals surface area contributed by atoms with Gasteiger partial charge >= 0.3 is 5.97 Å². The number of hydroxylamine groups is 1. The van der Waals surface area contributed by atoms with E-state index in [0.717, 1.165) is 16.7 Å². The molecule has 0 unspecified atom stereocenters. The monoisotopic (exact) mass is 489 g/mol. The van der Waals surface area contributed by atoms with E-state index in [2.05, 4.69) is 0 Å². The lowest BCUT2D eigenvalue weighted by atomic mass is 10.1. The van der Waals surface area contributed by atoms with Crippen LogP contribution in [0.15, 0.2) is 77.7 Å². The molecule has 0 spiro atoms. The zero-order valence-electron chi connectivity index (χ0n) is 18.1. The molecule has 0 amide bonds. The van der Waals surface area contributed by atoms with Crippen LogP contribution in [-0.2, 0) is 26.3 Å². The Morgan fingerprint density at radius 2 is 1.48 bits per heavy atom. The molecule has 0 saturated heterocycles. The molecule has 174 valence electrons. The summed E-state index contributed by atoms with van der Waals surface area (Å²) in [6.07, 6.45) is -0.501. The number of hydrogen-bond donors (Lipinski definition) is 1. The molecule has 0 atom stereocenters. The highest BCUT2D eigenvalue weighted by Crippen LogP contribution is 2.26. The number of hydrogen-bond acceptors (Lipinski definition) is 5. The summed E-state index contributed by atoms with van der Waals surface area (Å²) >= 11 is 5.89. The predicted octanol–water partition coefficient (Wildman–Crippen LogP) is 5.00. The molecule has 0 aliphatic rings. The van der Waals surface area contributed by atoms with Gasteiger partial charge in [-0.05, 0) is 66.9 Å². The van der Waals surface area contributed by atoms with Crippen molar-refractivity contribution >= 4 is 27.6 Å². The number of halogens is 1. The molecular formula is C24H24ClNO6S. The Hall–Kier alpha value is -2.91. The first-order valence-corrected chi connectivity index (χ1v) is 12.0. The molecule has 0 aliphatic heterocycles. The molecule has 0 heterocycles. The Bertz CT molecular complexity index is 1180. The Balaban J connectivity index is 1.71. The minimum atomic E-state index is -4.13. The molecule has 9 heteroatoms. The average molecular weight is 490 g/mol. The third-order valence-electron chi connectivity index (χ3n) is 4.52. The van der Waals surface area contributed by atoms with Gasteiger partial charge in [0.2, 0.25) is 0 Å². The van der Waals surface area contributed by atoms with Crippen LogP contribution in [0.4, 0.5) is 0 Å². The predicted molar refractivity (Wildman–Crippen MR) is 125 cm³/mol. The Morgan fingerprint density at radius 3 is 2.00 bits per heavy atom. The molecule has 3 rings (SSSR count). The van der Waals surface area contributed by atoms with Crippen molar-refractivity contribution in [3.05, 3.63) is 83.4 Å². The van der Waals surface area contributed by atoms with Gasteiger partial charge in [-0.1, -0.05) is 52.5 Å². The lowest BCUT2D eigenvalue weighted by Gasteiger charge is -2.22. The van der Waals surface area contributed by atoms with Crippen LogP contribution in [0.2, 0.25) is 5.02 Å². The van der Waals surface area contributed by atoms with Crippen LogP contribution in [0.3, 0.4) is 0 Å². The summed E-state index contributed by atoms with van der Waals surface area (Å²) in [5.74, 6) is -0.614. The van der Waals surface area contributed by atoms with Gasteiger partial charge in [0.15, 0.2) is 0 Å². The molecule has 0 fully saturated rings. The number of rotatable bonds is 10. The zero-order chi connectivity index (χ0) is 24.0. The van der Waals surface area contributed by atoms with E-state index in [1.54, 1.807) is 26.0 Å². The Kier molecular flexibility index (Phi) is 8.10. The van der Waals surface area contributed by atoms with E-state index < -0.39 is 28.6 Å². The first kappa shape index (κ1) is 24.7. The maximum absolute atomic E-state index is 12.8. The van der Waals surface area contributed by atoms with Crippen LogP contribution in [0.5, 0.6) is 5.75 Å². The SMILES string of the molecule is CC(C)ON(CC(=O)O)S(=O)(=O)c1ccc(-c2ccc(OCc3ccc(Cl)cc3)cc2)cc1. The summed E-state index contributed by atoms with van der Waals surface area (Å²) < 4.78 is 31.9. The van der Waals surface area contributed by atoms with E-state index in [4.69, 9.17) is 26.3 Å². The summed E-state index contributed by atoms with van der Waals surface area (Å²) in [6, 6.07) is 21.0. The van der Waals surface area contributed by atoms with Gasteiger partial charge in [-0.3, -0.25) is 9.63 Å². The first-order chi connectivity index (χ1) is 15.6. The van der Waals surface area contributed by atoms with E-state index in [0.29, 0.717) is 21.8 Å². The molecule has 33 heavy (non-hydrogen) atoms. The number of aliphatic carboxylic acids is 1. The Labute approximate surface area is 198 Å². The van der Waals surface area contributed by atoms with E-state index >= 15 is 0 Å². The molecule has 7 nitrogen and oxygen atoms in total. The summed E-state index contributed by atoms with van der Waals surface area (Å²) in [5, 5.41) is 9.70. The first-order valence-electron chi connectivity index (χ1n) is 10.1. The molecule has 3 aromatic rings. The van der Waals surface area contributed by atoms with Gasteiger partial charge in [0.05, 0.1) is 11.0 Å². The Morgan fingerprint density at radius 1 is 0.939 bits per heavy atom. The molecule has 3 aromatic carbocycles. The van der Waals surface area contributed by atoms with Crippen molar-refractivity contribution in [2.75, 3.05) is 6.54 Å². The number of ether oxygens (including phenoxy) is 1. The summed E-state index contributed by atoms with van der Waals surface area (Å²) in [5.41, 5.74) is 2.67. The lowest BCUT2D eigenvalue weighted by Crippen LogP contribution is -2.37. The minimum absolute atomic E-state index is 0.0592. The van der Waals surface area contributed by atoms with E-state index in [9.17, 15) is 13.2 Å². The summed E-state index contributed by atoms with van der Waals surface area (Å²) in [4.78, 5) is 16.2. The van der Waals surface area contributed by atoms with Gasteiger partial charge in [0, 0.05) is 5.02 Å². The van der Waals surface area contributed by atoms with E-state index in [1.165, 1.54) is 12.1 Å². The van der Waals surface area contributed by atoms with Crippen molar-refractivity contribution in [1.82, 2.24) is 4.47 Å². The van der Waals surface area contributed by atoms with Crippen molar-refractivity contribution < 1.29 is 27.9 Å². The van der Waals surface area contributed by atoms with Crippen LogP contribution in [-0.4, -0.2) is 36.6 Å². The van der Waals surface area contributed by atoms with E-state index in [-0.39, 0.29) is 4.90 Å². The molecule has 0 aromatic heterocycles. The van der Waals surface area contributed by atoms with Gasteiger partial charge in [0.25, 0.3) is 10.0 Å². The minimum Gasteiger partial charge on any atom is -0.489 e. The number of carboxylic acid groups (broad SMARTS) is 1. The number of benzene rings is 3. The highest BCUT2D eigenvalue weighted by atomic mass is 35.5. The summed E-state index contributed by atoms with van der Waals surface area (Å²) in [7, 11) is -4.13.